The summed E-state index contributed by atoms with van der Waals surface area (Å²) in [6, 6.07) is 0. The maximum absolute atomic E-state index is 12.0. The van der Waals surface area contributed by atoms with Crippen molar-refractivity contribution in [3.63, 3.8) is 0 Å². The third kappa shape index (κ3) is 6.65. The van der Waals surface area contributed by atoms with E-state index in [0.29, 0.717) is 4.13 Å². The van der Waals surface area contributed by atoms with Gasteiger partial charge in [0.25, 0.3) is 0 Å². The number of alkyl halides is 3. The van der Waals surface area contributed by atoms with Gasteiger partial charge in [-0.05, 0) is 18.9 Å². The Kier molecular flexibility index (Phi) is 6.61. The number of aliphatic hydroxyl groups excluding tert-OH is 1. The fourth-order valence-corrected chi connectivity index (χ4v) is 3.39. The molecule has 0 aromatic heterocycles. The molecule has 1 unspecified atom stereocenters. The number of hydrogen-bond acceptors (Lipinski definition) is 6. The molecule has 0 fully saturated rings. The van der Waals surface area contributed by atoms with Gasteiger partial charge in [-0.1, -0.05) is 6.58 Å². The van der Waals surface area contributed by atoms with E-state index < -0.39 is 37.6 Å². The van der Waals surface area contributed by atoms with E-state index in [9.17, 15) is 30.0 Å². The Bertz CT molecular complexity index is 539. The number of aliphatic hydroxyl groups is 1. The largest absolute Gasteiger partial charge is 0.512 e. The molecule has 0 aliphatic rings. The van der Waals surface area contributed by atoms with Gasteiger partial charge in [-0.15, -0.1) is 4.13 Å². The summed E-state index contributed by atoms with van der Waals surface area (Å²) in [5.41, 5.74) is -5.46. The van der Waals surface area contributed by atoms with Crippen LogP contribution in [0, 0.1) is 0 Å². The molecule has 0 spiro atoms. The van der Waals surface area contributed by atoms with Crippen LogP contribution in [0.3, 0.4) is 0 Å². The Balaban J connectivity index is 4.40. The minimum Gasteiger partial charge on any atom is -0.364 e. The molecule has 0 aromatic carbocycles. The number of rotatable bonds is 8. The summed E-state index contributed by atoms with van der Waals surface area (Å²) in [6.45, 7) is 4.49. The Hall–Kier alpha value is -0.690. The number of ether oxygens (including phenoxy) is 1. The Morgan fingerprint density at radius 3 is 2.25 bits per heavy atom. The molecule has 0 amide bonds. The van der Waals surface area contributed by atoms with E-state index in [-0.39, 0.29) is 18.6 Å². The van der Waals surface area contributed by atoms with Gasteiger partial charge in [0.15, 0.2) is 6.29 Å². The molecule has 0 radical (unpaired) electrons. The van der Waals surface area contributed by atoms with E-state index in [0.717, 1.165) is 0 Å². The molecule has 0 aromatic rings. The van der Waals surface area contributed by atoms with Crippen molar-refractivity contribution in [3.05, 3.63) is 12.2 Å². The van der Waals surface area contributed by atoms with E-state index in [1.165, 1.54) is 6.92 Å². The SMILES string of the molecule is C=C(C)C(O)OCCCS(=O)(=O)NS(=O)(=O)C(F)(F)F. The molecule has 120 valence electrons. The lowest BCUT2D eigenvalue weighted by Crippen LogP contribution is -2.41. The molecule has 7 nitrogen and oxygen atoms in total. The Morgan fingerprint density at radius 1 is 1.35 bits per heavy atom. The van der Waals surface area contributed by atoms with Crippen LogP contribution in [0.2, 0.25) is 0 Å². The molecule has 1 atom stereocenters. The zero-order valence-corrected chi connectivity index (χ0v) is 12.0. The molecule has 20 heavy (non-hydrogen) atoms. The first-order chi connectivity index (χ1) is 8.78. The highest BCUT2D eigenvalue weighted by Crippen LogP contribution is 2.22. The van der Waals surface area contributed by atoms with Crippen molar-refractivity contribution in [1.82, 2.24) is 4.13 Å². The number of halogens is 3. The molecule has 0 saturated heterocycles. The molecule has 0 aliphatic carbocycles. The minimum absolute atomic E-state index is 0.255. The van der Waals surface area contributed by atoms with E-state index in [4.69, 9.17) is 5.11 Å². The first-order valence-electron chi connectivity index (χ1n) is 5.06. The number of sulfonamides is 2. The van der Waals surface area contributed by atoms with Crippen molar-refractivity contribution in [3.8, 4) is 0 Å². The summed E-state index contributed by atoms with van der Waals surface area (Å²) in [5.74, 6) is -0.911. The van der Waals surface area contributed by atoms with Crippen LogP contribution in [0.25, 0.3) is 0 Å². The van der Waals surface area contributed by atoms with E-state index >= 15 is 0 Å². The average Bonchev–Trinajstić information content (AvgIpc) is 2.20. The third-order valence-electron chi connectivity index (χ3n) is 1.80. The molecule has 0 saturated carbocycles. The van der Waals surface area contributed by atoms with Crippen LogP contribution < -0.4 is 4.13 Å². The maximum atomic E-state index is 12.0. The van der Waals surface area contributed by atoms with E-state index in [1.54, 1.807) is 0 Å². The highest BCUT2D eigenvalue weighted by molar-refractivity contribution is 8.05. The number of nitrogens with one attached hydrogen (secondary N) is 1. The summed E-state index contributed by atoms with van der Waals surface area (Å²) in [4.78, 5) is 0. The topological polar surface area (TPSA) is 110 Å². The molecule has 2 N–H and O–H groups in total. The highest BCUT2D eigenvalue weighted by atomic mass is 32.3. The van der Waals surface area contributed by atoms with Gasteiger partial charge in [0.2, 0.25) is 10.0 Å². The molecule has 0 bridgehead atoms. The monoisotopic (exact) mass is 341 g/mol. The Labute approximate surface area is 114 Å². The third-order valence-corrected chi connectivity index (χ3v) is 5.13. The first kappa shape index (κ1) is 19.3. The molecular weight excluding hydrogens is 327 g/mol. The van der Waals surface area contributed by atoms with Crippen LogP contribution in [-0.4, -0.2) is 46.1 Å². The second-order valence-electron chi connectivity index (χ2n) is 3.77. The van der Waals surface area contributed by atoms with Gasteiger partial charge in [0.05, 0.1) is 12.4 Å². The molecule has 0 rings (SSSR count). The molecule has 0 heterocycles. The normalized spacial score (nSPS) is 15.1. The van der Waals surface area contributed by atoms with Gasteiger partial charge >= 0.3 is 15.5 Å². The van der Waals surface area contributed by atoms with Crippen LogP contribution in [0.4, 0.5) is 13.2 Å². The fourth-order valence-electron chi connectivity index (χ4n) is 0.842. The Morgan fingerprint density at radius 2 is 1.85 bits per heavy atom. The maximum Gasteiger partial charge on any atom is 0.512 e. The lowest BCUT2D eigenvalue weighted by atomic mass is 10.3. The summed E-state index contributed by atoms with van der Waals surface area (Å²) in [7, 11) is -10.6. The highest BCUT2D eigenvalue weighted by Gasteiger charge is 2.48. The van der Waals surface area contributed by atoms with E-state index in [1.807, 2.05) is 0 Å². The summed E-state index contributed by atoms with van der Waals surface area (Å²) >= 11 is 0. The van der Waals surface area contributed by atoms with Crippen LogP contribution in [0.15, 0.2) is 12.2 Å². The number of hydrogen-bond donors (Lipinski definition) is 2. The van der Waals surface area contributed by atoms with Gasteiger partial charge in [-0.25, -0.2) is 16.8 Å². The van der Waals surface area contributed by atoms with Gasteiger partial charge in [0, 0.05) is 0 Å². The quantitative estimate of drug-likeness (QED) is 0.367. The van der Waals surface area contributed by atoms with Gasteiger partial charge in [0.1, 0.15) is 0 Å². The second kappa shape index (κ2) is 6.85. The van der Waals surface area contributed by atoms with Crippen molar-refractivity contribution in [2.45, 2.75) is 25.1 Å². The van der Waals surface area contributed by atoms with Crippen LogP contribution >= 0.6 is 0 Å². The van der Waals surface area contributed by atoms with Crippen molar-refractivity contribution in [2.24, 2.45) is 0 Å². The summed E-state index contributed by atoms with van der Waals surface area (Å²) in [6.07, 6.45) is -1.64. The van der Waals surface area contributed by atoms with Crippen LogP contribution in [-0.2, 0) is 24.8 Å². The molecule has 0 aliphatic heterocycles. The van der Waals surface area contributed by atoms with Gasteiger partial charge in [-0.2, -0.15) is 13.2 Å². The predicted octanol–water partition coefficient (Wildman–Crippen LogP) is 0.0566. The molecule has 12 heteroatoms. The summed E-state index contributed by atoms with van der Waals surface area (Å²) < 4.78 is 84.6. The zero-order chi connectivity index (χ0) is 16.2. The van der Waals surface area contributed by atoms with Crippen molar-refractivity contribution in [1.29, 1.82) is 0 Å². The lowest BCUT2D eigenvalue weighted by molar-refractivity contribution is -0.0712. The van der Waals surface area contributed by atoms with Crippen LogP contribution in [0.5, 0.6) is 0 Å². The predicted molar refractivity (Wildman–Crippen MR) is 63.3 cm³/mol. The molecular formula is C8H14F3NO6S2. The average molecular weight is 341 g/mol. The minimum atomic E-state index is -5.96. The standard InChI is InChI=1S/C8H14F3NO6S2/c1-6(2)7(13)18-4-3-5-19(14,15)12-20(16,17)8(9,10)11/h7,12-13H,1,3-5H2,2H3. The second-order valence-corrected chi connectivity index (χ2v) is 7.55. The fraction of sp³-hybridized carbons (Fsp3) is 0.750. The van der Waals surface area contributed by atoms with E-state index in [2.05, 4.69) is 11.3 Å². The van der Waals surface area contributed by atoms with Gasteiger partial charge < -0.3 is 9.84 Å². The van der Waals surface area contributed by atoms with Crippen molar-refractivity contribution in [2.75, 3.05) is 12.4 Å². The smallest absolute Gasteiger partial charge is 0.364 e. The van der Waals surface area contributed by atoms with Crippen LogP contribution in [0.1, 0.15) is 13.3 Å². The zero-order valence-electron chi connectivity index (χ0n) is 10.3. The van der Waals surface area contributed by atoms with Crippen molar-refractivity contribution >= 4 is 20.0 Å². The lowest BCUT2D eigenvalue weighted by Gasteiger charge is -2.12. The summed E-state index contributed by atoms with van der Waals surface area (Å²) in [5, 5.41) is 9.12. The first-order valence-corrected chi connectivity index (χ1v) is 8.19. The van der Waals surface area contributed by atoms with Gasteiger partial charge in [-0.3, -0.25) is 0 Å². The van der Waals surface area contributed by atoms with Crippen molar-refractivity contribution < 1.29 is 39.9 Å².